The van der Waals surface area contributed by atoms with Crippen molar-refractivity contribution in [1.82, 2.24) is 10.2 Å². The lowest BCUT2D eigenvalue weighted by molar-refractivity contribution is -0.130. The molecule has 1 heterocycles. The van der Waals surface area contributed by atoms with Crippen LogP contribution in [0.1, 0.15) is 19.3 Å². The van der Waals surface area contributed by atoms with Crippen molar-refractivity contribution in [3.8, 4) is 0 Å². The second kappa shape index (κ2) is 3.64. The molecule has 0 bridgehead atoms. The van der Waals surface area contributed by atoms with Gasteiger partial charge in [0, 0.05) is 25.7 Å². The van der Waals surface area contributed by atoms with E-state index in [0.717, 1.165) is 13.1 Å². The van der Waals surface area contributed by atoms with Crippen LogP contribution in [0.4, 0.5) is 0 Å². The van der Waals surface area contributed by atoms with Gasteiger partial charge in [0.2, 0.25) is 5.91 Å². The predicted molar refractivity (Wildman–Crippen MR) is 48.2 cm³/mol. The molecule has 0 aromatic rings. The summed E-state index contributed by atoms with van der Waals surface area (Å²) in [6, 6.07) is 0.536. The van der Waals surface area contributed by atoms with Crippen molar-refractivity contribution < 1.29 is 9.90 Å². The minimum Gasteiger partial charge on any atom is -0.396 e. The molecule has 2 rings (SSSR count). The fourth-order valence-corrected chi connectivity index (χ4v) is 1.99. The van der Waals surface area contributed by atoms with E-state index in [1.165, 1.54) is 12.8 Å². The fourth-order valence-electron chi connectivity index (χ4n) is 1.99. The molecule has 2 fully saturated rings. The summed E-state index contributed by atoms with van der Waals surface area (Å²) < 4.78 is 0. The number of piperazine rings is 1. The molecule has 0 aromatic heterocycles. The monoisotopic (exact) mass is 184 g/mol. The van der Waals surface area contributed by atoms with Crippen LogP contribution in [0, 0.1) is 0 Å². The number of rotatable bonds is 3. The number of hydrogen-bond donors (Lipinski definition) is 2. The van der Waals surface area contributed by atoms with Crippen molar-refractivity contribution in [3.05, 3.63) is 0 Å². The van der Waals surface area contributed by atoms with Crippen molar-refractivity contribution in [3.63, 3.8) is 0 Å². The Morgan fingerprint density at radius 1 is 1.54 bits per heavy atom. The van der Waals surface area contributed by atoms with E-state index in [-0.39, 0.29) is 18.6 Å². The molecule has 74 valence electrons. The number of carbonyl (C=O) groups is 1. The third-order valence-corrected chi connectivity index (χ3v) is 2.79. The van der Waals surface area contributed by atoms with Gasteiger partial charge in [-0.1, -0.05) is 0 Å². The van der Waals surface area contributed by atoms with Crippen LogP contribution >= 0.6 is 0 Å². The van der Waals surface area contributed by atoms with Gasteiger partial charge in [0.1, 0.15) is 0 Å². The Morgan fingerprint density at radius 3 is 2.92 bits per heavy atom. The standard InChI is InChI=1S/C9H16N2O2/c12-6-3-8-9(13)10-4-5-11(8)7-1-2-7/h7-8,12H,1-6H2,(H,10,13). The van der Waals surface area contributed by atoms with Crippen LogP contribution in [0.3, 0.4) is 0 Å². The Hall–Kier alpha value is -0.610. The van der Waals surface area contributed by atoms with Gasteiger partial charge in [0.05, 0.1) is 6.04 Å². The van der Waals surface area contributed by atoms with E-state index in [0.29, 0.717) is 12.5 Å². The predicted octanol–water partition coefficient (Wildman–Crippen LogP) is -0.668. The van der Waals surface area contributed by atoms with Gasteiger partial charge >= 0.3 is 0 Å². The average molecular weight is 184 g/mol. The molecule has 0 spiro atoms. The zero-order valence-corrected chi connectivity index (χ0v) is 7.70. The van der Waals surface area contributed by atoms with Gasteiger partial charge in [0.25, 0.3) is 0 Å². The average Bonchev–Trinajstić information content (AvgIpc) is 2.92. The molecule has 2 aliphatic rings. The maximum absolute atomic E-state index is 11.5. The molecule has 4 nitrogen and oxygen atoms in total. The lowest BCUT2D eigenvalue weighted by atomic mass is 10.1. The maximum Gasteiger partial charge on any atom is 0.237 e. The highest BCUT2D eigenvalue weighted by Crippen LogP contribution is 2.30. The van der Waals surface area contributed by atoms with E-state index in [4.69, 9.17) is 5.11 Å². The first-order chi connectivity index (χ1) is 6.33. The SMILES string of the molecule is O=C1NCCN(C2CC2)C1CCO. The van der Waals surface area contributed by atoms with Crippen LogP contribution in [-0.2, 0) is 4.79 Å². The van der Waals surface area contributed by atoms with Crippen molar-refractivity contribution in [2.24, 2.45) is 0 Å². The quantitative estimate of drug-likeness (QED) is 0.611. The molecular formula is C9H16N2O2. The molecule has 1 saturated carbocycles. The zero-order valence-electron chi connectivity index (χ0n) is 7.70. The van der Waals surface area contributed by atoms with Gasteiger partial charge in [-0.25, -0.2) is 0 Å². The number of aliphatic hydroxyl groups excluding tert-OH is 1. The second-order valence-electron chi connectivity index (χ2n) is 3.79. The zero-order chi connectivity index (χ0) is 9.26. The van der Waals surface area contributed by atoms with E-state index >= 15 is 0 Å². The third-order valence-electron chi connectivity index (χ3n) is 2.79. The van der Waals surface area contributed by atoms with Crippen molar-refractivity contribution in [1.29, 1.82) is 0 Å². The molecule has 1 aliphatic heterocycles. The number of aliphatic hydroxyl groups is 1. The molecule has 1 aliphatic carbocycles. The highest BCUT2D eigenvalue weighted by Gasteiger charge is 2.38. The summed E-state index contributed by atoms with van der Waals surface area (Å²) in [6.07, 6.45) is 3.01. The molecule has 13 heavy (non-hydrogen) atoms. The maximum atomic E-state index is 11.5. The summed E-state index contributed by atoms with van der Waals surface area (Å²) >= 11 is 0. The van der Waals surface area contributed by atoms with Crippen LogP contribution < -0.4 is 5.32 Å². The highest BCUT2D eigenvalue weighted by molar-refractivity contribution is 5.82. The Kier molecular flexibility index (Phi) is 2.51. The lowest BCUT2D eigenvalue weighted by Gasteiger charge is -2.34. The molecule has 1 amide bonds. The summed E-state index contributed by atoms with van der Waals surface area (Å²) in [4.78, 5) is 13.7. The summed E-state index contributed by atoms with van der Waals surface area (Å²) in [7, 11) is 0. The summed E-state index contributed by atoms with van der Waals surface area (Å²) in [5, 5.41) is 11.7. The van der Waals surface area contributed by atoms with Crippen LogP contribution in [0.25, 0.3) is 0 Å². The van der Waals surface area contributed by atoms with Crippen LogP contribution in [0.2, 0.25) is 0 Å². The summed E-state index contributed by atoms with van der Waals surface area (Å²) in [6.45, 7) is 1.81. The highest BCUT2D eigenvalue weighted by atomic mass is 16.3. The Morgan fingerprint density at radius 2 is 2.31 bits per heavy atom. The van der Waals surface area contributed by atoms with Gasteiger partial charge in [-0.05, 0) is 19.3 Å². The van der Waals surface area contributed by atoms with Crippen molar-refractivity contribution in [2.75, 3.05) is 19.7 Å². The first-order valence-electron chi connectivity index (χ1n) is 4.97. The molecule has 0 radical (unpaired) electrons. The van der Waals surface area contributed by atoms with Gasteiger partial charge in [-0.15, -0.1) is 0 Å². The first kappa shape index (κ1) is 8.97. The second-order valence-corrected chi connectivity index (χ2v) is 3.79. The topological polar surface area (TPSA) is 52.6 Å². The normalized spacial score (nSPS) is 30.2. The van der Waals surface area contributed by atoms with E-state index < -0.39 is 0 Å². The Labute approximate surface area is 77.9 Å². The van der Waals surface area contributed by atoms with E-state index in [1.807, 2.05) is 0 Å². The van der Waals surface area contributed by atoms with Crippen molar-refractivity contribution in [2.45, 2.75) is 31.3 Å². The molecular weight excluding hydrogens is 168 g/mol. The molecule has 1 saturated heterocycles. The van der Waals surface area contributed by atoms with Gasteiger partial charge in [-0.2, -0.15) is 0 Å². The minimum atomic E-state index is -0.0775. The third kappa shape index (κ3) is 1.84. The lowest BCUT2D eigenvalue weighted by Crippen LogP contribution is -2.56. The van der Waals surface area contributed by atoms with Gasteiger partial charge in [0.15, 0.2) is 0 Å². The Balaban J connectivity index is 1.99. The Bertz CT molecular complexity index is 204. The number of nitrogens with one attached hydrogen (secondary N) is 1. The van der Waals surface area contributed by atoms with Crippen LogP contribution in [-0.4, -0.2) is 47.7 Å². The summed E-state index contributed by atoms with van der Waals surface area (Å²) in [5.74, 6) is 0.0900. The largest absolute Gasteiger partial charge is 0.396 e. The van der Waals surface area contributed by atoms with E-state index in [9.17, 15) is 4.79 Å². The fraction of sp³-hybridized carbons (Fsp3) is 0.889. The van der Waals surface area contributed by atoms with Gasteiger partial charge in [-0.3, -0.25) is 9.69 Å². The van der Waals surface area contributed by atoms with Crippen molar-refractivity contribution >= 4 is 5.91 Å². The summed E-state index contributed by atoms with van der Waals surface area (Å²) in [5.41, 5.74) is 0. The van der Waals surface area contributed by atoms with E-state index in [1.54, 1.807) is 0 Å². The number of carbonyl (C=O) groups excluding carboxylic acids is 1. The first-order valence-corrected chi connectivity index (χ1v) is 4.97. The number of nitrogens with zero attached hydrogens (tertiary/aromatic N) is 1. The van der Waals surface area contributed by atoms with Crippen LogP contribution in [0.15, 0.2) is 0 Å². The smallest absolute Gasteiger partial charge is 0.237 e. The molecule has 0 aromatic carbocycles. The molecule has 1 atom stereocenters. The van der Waals surface area contributed by atoms with Crippen LogP contribution in [0.5, 0.6) is 0 Å². The number of amides is 1. The minimum absolute atomic E-state index is 0.0775. The van der Waals surface area contributed by atoms with Gasteiger partial charge < -0.3 is 10.4 Å². The molecule has 1 unspecified atom stereocenters. The molecule has 4 heteroatoms. The van der Waals surface area contributed by atoms with E-state index in [2.05, 4.69) is 10.2 Å². The molecule has 2 N–H and O–H groups in total. The number of hydrogen-bond acceptors (Lipinski definition) is 3.